The maximum absolute atomic E-state index is 13.1. The van der Waals surface area contributed by atoms with Gasteiger partial charge in [0.05, 0.1) is 27.2 Å². The number of nitrogens with zero attached hydrogens (tertiary/aromatic N) is 1. The first-order chi connectivity index (χ1) is 14.6. The van der Waals surface area contributed by atoms with Crippen molar-refractivity contribution in [1.82, 2.24) is 9.97 Å². The van der Waals surface area contributed by atoms with E-state index in [4.69, 9.17) is 16.7 Å². The Kier molecular flexibility index (Phi) is 5.02. The van der Waals surface area contributed by atoms with Gasteiger partial charge in [0.1, 0.15) is 5.82 Å². The fourth-order valence-electron chi connectivity index (χ4n) is 3.11. The number of carbonyl (C=O) groups is 2. The molecule has 1 heterocycles. The first-order valence-corrected chi connectivity index (χ1v) is 9.26. The average Bonchev–Trinajstić information content (AvgIpc) is 3.16. The highest BCUT2D eigenvalue weighted by molar-refractivity contribution is 6.31. The summed E-state index contributed by atoms with van der Waals surface area (Å²) in [7, 11) is 0. The van der Waals surface area contributed by atoms with E-state index in [0.29, 0.717) is 22.4 Å². The van der Waals surface area contributed by atoms with Crippen LogP contribution in [0.1, 0.15) is 31.8 Å². The summed E-state index contributed by atoms with van der Waals surface area (Å²) in [6.45, 7) is 0. The van der Waals surface area contributed by atoms with Crippen molar-refractivity contribution in [2.45, 2.75) is 6.18 Å². The van der Waals surface area contributed by atoms with Gasteiger partial charge in [0.2, 0.25) is 0 Å². The Morgan fingerprint density at radius 1 is 0.903 bits per heavy atom. The zero-order chi connectivity index (χ0) is 22.3. The minimum absolute atomic E-state index is 0.116. The number of ketones is 1. The van der Waals surface area contributed by atoms with Gasteiger partial charge in [-0.1, -0.05) is 35.9 Å². The number of rotatable bonds is 4. The molecule has 0 bridgehead atoms. The lowest BCUT2D eigenvalue weighted by Gasteiger charge is -2.10. The van der Waals surface area contributed by atoms with E-state index in [2.05, 4.69) is 9.97 Å². The minimum Gasteiger partial charge on any atom is -0.478 e. The number of alkyl halides is 3. The molecule has 0 aliphatic heterocycles. The summed E-state index contributed by atoms with van der Waals surface area (Å²) in [5.41, 5.74) is 0.843. The Bertz CT molecular complexity index is 1330. The van der Waals surface area contributed by atoms with Crippen LogP contribution >= 0.6 is 11.6 Å². The Balaban J connectivity index is 1.63. The Labute approximate surface area is 178 Å². The molecule has 0 unspecified atom stereocenters. The van der Waals surface area contributed by atoms with Crippen LogP contribution in [0, 0.1) is 0 Å². The third-order valence-corrected chi connectivity index (χ3v) is 5.01. The summed E-state index contributed by atoms with van der Waals surface area (Å²) in [5.74, 6) is -1.18. The standard InChI is InChI=1S/C22H12ClF3N2O3/c23-16-7-5-13(9-15(16)22(24,25)26)19(29)11-1-3-12(4-2-11)20-27-17-8-6-14(21(30)31)10-18(17)28-20/h1-10H,(H,27,28)(H,30,31). The van der Waals surface area contributed by atoms with Crippen LogP contribution in [0.2, 0.25) is 5.02 Å². The second kappa shape index (κ2) is 7.55. The van der Waals surface area contributed by atoms with Crippen molar-refractivity contribution in [2.24, 2.45) is 0 Å². The number of aromatic carboxylic acids is 1. The summed E-state index contributed by atoms with van der Waals surface area (Å²) in [5, 5.41) is 8.61. The number of carboxylic acids is 1. The SMILES string of the molecule is O=C(O)c1ccc2nc(-c3ccc(C(=O)c4ccc(Cl)c(C(F)(F)F)c4)cc3)[nH]c2c1. The van der Waals surface area contributed by atoms with Gasteiger partial charge in [-0.05, 0) is 36.4 Å². The minimum atomic E-state index is -4.67. The van der Waals surface area contributed by atoms with Crippen LogP contribution in [0.5, 0.6) is 0 Å². The lowest BCUT2D eigenvalue weighted by atomic mass is 10.00. The lowest BCUT2D eigenvalue weighted by Crippen LogP contribution is -2.09. The maximum atomic E-state index is 13.1. The molecule has 156 valence electrons. The van der Waals surface area contributed by atoms with Crippen LogP contribution in [0.3, 0.4) is 0 Å². The van der Waals surface area contributed by atoms with Crippen LogP contribution in [0.25, 0.3) is 22.4 Å². The number of aromatic nitrogens is 2. The molecule has 2 N–H and O–H groups in total. The fourth-order valence-corrected chi connectivity index (χ4v) is 3.33. The zero-order valence-corrected chi connectivity index (χ0v) is 16.3. The predicted octanol–water partition coefficient (Wildman–Crippen LogP) is 5.83. The van der Waals surface area contributed by atoms with Gasteiger partial charge >= 0.3 is 12.1 Å². The molecule has 0 aliphatic carbocycles. The monoisotopic (exact) mass is 444 g/mol. The number of hydrogen-bond acceptors (Lipinski definition) is 3. The third-order valence-electron chi connectivity index (χ3n) is 4.68. The van der Waals surface area contributed by atoms with E-state index < -0.39 is 28.5 Å². The average molecular weight is 445 g/mol. The van der Waals surface area contributed by atoms with E-state index in [1.807, 2.05) is 0 Å². The molecule has 4 aromatic rings. The van der Waals surface area contributed by atoms with Crippen LogP contribution in [0.15, 0.2) is 60.7 Å². The number of imidazole rings is 1. The van der Waals surface area contributed by atoms with Gasteiger partial charge in [-0.2, -0.15) is 13.2 Å². The summed E-state index contributed by atoms with van der Waals surface area (Å²) in [6, 6.07) is 13.7. The van der Waals surface area contributed by atoms with E-state index in [1.165, 1.54) is 30.3 Å². The Hall–Kier alpha value is -3.65. The number of aromatic amines is 1. The highest BCUT2D eigenvalue weighted by Crippen LogP contribution is 2.35. The number of nitrogens with one attached hydrogen (secondary N) is 1. The number of halogens is 4. The molecule has 9 heteroatoms. The number of carboxylic acid groups (broad SMARTS) is 1. The van der Waals surface area contributed by atoms with Gasteiger partial charge in [-0.3, -0.25) is 4.79 Å². The molecule has 3 aromatic carbocycles. The van der Waals surface area contributed by atoms with Gasteiger partial charge in [-0.25, -0.2) is 9.78 Å². The van der Waals surface area contributed by atoms with Crippen molar-refractivity contribution in [3.05, 3.63) is 87.9 Å². The lowest BCUT2D eigenvalue weighted by molar-refractivity contribution is -0.137. The van der Waals surface area contributed by atoms with Gasteiger partial charge in [0.25, 0.3) is 0 Å². The Morgan fingerprint density at radius 3 is 2.19 bits per heavy atom. The van der Waals surface area contributed by atoms with E-state index in [-0.39, 0.29) is 16.7 Å². The summed E-state index contributed by atoms with van der Waals surface area (Å²) in [4.78, 5) is 31.1. The molecule has 0 saturated heterocycles. The van der Waals surface area contributed by atoms with Crippen molar-refractivity contribution in [1.29, 1.82) is 0 Å². The predicted molar refractivity (Wildman–Crippen MR) is 108 cm³/mol. The normalized spacial score (nSPS) is 11.6. The van der Waals surface area contributed by atoms with Gasteiger partial charge in [0.15, 0.2) is 5.78 Å². The zero-order valence-electron chi connectivity index (χ0n) is 15.5. The molecule has 0 amide bonds. The molecule has 0 atom stereocenters. The first kappa shape index (κ1) is 20.6. The number of H-pyrrole nitrogens is 1. The maximum Gasteiger partial charge on any atom is 0.417 e. The molecule has 0 spiro atoms. The van der Waals surface area contributed by atoms with Gasteiger partial charge in [-0.15, -0.1) is 0 Å². The second-order valence-corrected chi connectivity index (χ2v) is 7.13. The van der Waals surface area contributed by atoms with Crippen molar-refractivity contribution in [3.63, 3.8) is 0 Å². The van der Waals surface area contributed by atoms with Crippen molar-refractivity contribution < 1.29 is 27.9 Å². The summed E-state index contributed by atoms with van der Waals surface area (Å²) < 4.78 is 39.2. The molecule has 0 aliphatic rings. The summed E-state index contributed by atoms with van der Waals surface area (Å²) >= 11 is 5.61. The summed E-state index contributed by atoms with van der Waals surface area (Å²) in [6.07, 6.45) is -4.67. The van der Waals surface area contributed by atoms with Crippen molar-refractivity contribution >= 4 is 34.4 Å². The Morgan fingerprint density at radius 2 is 1.55 bits per heavy atom. The van der Waals surface area contributed by atoms with E-state index in [9.17, 15) is 22.8 Å². The number of benzene rings is 3. The largest absolute Gasteiger partial charge is 0.478 e. The van der Waals surface area contributed by atoms with Crippen LogP contribution < -0.4 is 0 Å². The number of fused-ring (bicyclic) bond motifs is 1. The third kappa shape index (κ3) is 4.02. The van der Waals surface area contributed by atoms with Crippen molar-refractivity contribution in [2.75, 3.05) is 0 Å². The molecule has 4 rings (SSSR count). The fraction of sp³-hybridized carbons (Fsp3) is 0.0455. The highest BCUT2D eigenvalue weighted by atomic mass is 35.5. The molecule has 31 heavy (non-hydrogen) atoms. The number of carbonyl (C=O) groups excluding carboxylic acids is 1. The van der Waals surface area contributed by atoms with Gasteiger partial charge < -0.3 is 10.1 Å². The van der Waals surface area contributed by atoms with Crippen LogP contribution in [0.4, 0.5) is 13.2 Å². The first-order valence-electron chi connectivity index (χ1n) is 8.88. The van der Waals surface area contributed by atoms with Crippen LogP contribution in [-0.4, -0.2) is 26.8 Å². The van der Waals surface area contributed by atoms with Gasteiger partial charge in [0, 0.05) is 16.7 Å². The molecule has 1 aromatic heterocycles. The molecular weight excluding hydrogens is 433 g/mol. The van der Waals surface area contributed by atoms with Crippen LogP contribution in [-0.2, 0) is 6.18 Å². The molecule has 5 nitrogen and oxygen atoms in total. The highest BCUT2D eigenvalue weighted by Gasteiger charge is 2.33. The molecule has 0 radical (unpaired) electrons. The number of hydrogen-bond donors (Lipinski definition) is 2. The van der Waals surface area contributed by atoms with Crippen molar-refractivity contribution in [3.8, 4) is 11.4 Å². The molecular formula is C22H12ClF3N2O3. The molecule has 0 fully saturated rings. The van der Waals surface area contributed by atoms with E-state index in [1.54, 1.807) is 18.2 Å². The topological polar surface area (TPSA) is 83.0 Å². The van der Waals surface area contributed by atoms with E-state index in [0.717, 1.165) is 12.1 Å². The molecule has 0 saturated carbocycles. The quantitative estimate of drug-likeness (QED) is 0.388. The smallest absolute Gasteiger partial charge is 0.417 e. The van der Waals surface area contributed by atoms with E-state index >= 15 is 0 Å². The second-order valence-electron chi connectivity index (χ2n) is 6.72.